The maximum Gasteiger partial charge on any atom is 0.303 e. The third-order valence-electron chi connectivity index (χ3n) is 6.02. The number of amides is 1. The maximum atomic E-state index is 13.2. The molecule has 0 N–H and O–H groups in total. The Morgan fingerprint density at radius 2 is 1.72 bits per heavy atom. The lowest BCUT2D eigenvalue weighted by Gasteiger charge is -2.39. The van der Waals surface area contributed by atoms with Gasteiger partial charge in [-0.1, -0.05) is 0 Å². The maximum absolute atomic E-state index is 13.2. The number of piperazine rings is 1. The molecule has 0 bridgehead atoms. The molecule has 172 valence electrons. The van der Waals surface area contributed by atoms with Crippen molar-refractivity contribution in [3.8, 4) is 0 Å². The van der Waals surface area contributed by atoms with Crippen molar-refractivity contribution in [1.82, 2.24) is 19.2 Å². The molecular weight excluding hydrogens is 435 g/mol. The van der Waals surface area contributed by atoms with Crippen LogP contribution >= 0.6 is 0 Å². The molecule has 32 heavy (non-hydrogen) atoms. The summed E-state index contributed by atoms with van der Waals surface area (Å²) in [5, 5.41) is 0. The molecule has 0 saturated carbocycles. The van der Waals surface area contributed by atoms with Gasteiger partial charge in [-0.15, -0.1) is 0 Å². The van der Waals surface area contributed by atoms with Gasteiger partial charge >= 0.3 is 10.2 Å². The number of anilines is 2. The number of rotatable bonds is 5. The zero-order valence-electron chi connectivity index (χ0n) is 18.0. The van der Waals surface area contributed by atoms with Crippen molar-refractivity contribution in [2.45, 2.75) is 12.8 Å². The Morgan fingerprint density at radius 3 is 2.38 bits per heavy atom. The van der Waals surface area contributed by atoms with E-state index in [0.29, 0.717) is 57.2 Å². The predicted molar refractivity (Wildman–Crippen MR) is 119 cm³/mol. The Balaban J connectivity index is 1.38. The summed E-state index contributed by atoms with van der Waals surface area (Å²) in [6.45, 7) is 2.88. The van der Waals surface area contributed by atoms with Crippen LogP contribution in [-0.2, 0) is 15.0 Å². The molecule has 2 fully saturated rings. The van der Waals surface area contributed by atoms with Crippen LogP contribution in [0.4, 0.5) is 16.0 Å². The number of carbonyl (C=O) groups excluding carboxylic acids is 1. The summed E-state index contributed by atoms with van der Waals surface area (Å²) in [5.41, 5.74) is 0.374. The molecule has 11 heteroatoms. The number of nitrogens with zero attached hydrogens (tertiary/aromatic N) is 6. The fourth-order valence-electron chi connectivity index (χ4n) is 4.15. The standard InChI is InChI=1S/C21H27FN6O3S/c1-25(19-7-5-18(22)6-8-19)32(30,31)28-11-2-4-17(16-28)20(29)26-12-14-27(15-13-26)21-23-9-3-10-24-21/h3,5-10,17H,2,4,11-16H2,1H3/t17-/m0/s1. The zero-order chi connectivity index (χ0) is 22.7. The minimum absolute atomic E-state index is 0.0111. The van der Waals surface area contributed by atoms with Gasteiger partial charge in [-0.05, 0) is 43.2 Å². The number of piperidine rings is 1. The topological polar surface area (TPSA) is 90.0 Å². The molecule has 0 spiro atoms. The van der Waals surface area contributed by atoms with Crippen LogP contribution in [0.2, 0.25) is 0 Å². The number of halogens is 1. The van der Waals surface area contributed by atoms with E-state index in [9.17, 15) is 17.6 Å². The van der Waals surface area contributed by atoms with E-state index in [-0.39, 0.29) is 18.4 Å². The normalized spacial score (nSPS) is 20.2. The summed E-state index contributed by atoms with van der Waals surface area (Å²) in [4.78, 5) is 25.5. The molecule has 1 aromatic carbocycles. The number of aromatic nitrogens is 2. The Bertz CT molecular complexity index is 1030. The molecule has 0 aliphatic carbocycles. The van der Waals surface area contributed by atoms with Crippen LogP contribution in [0.1, 0.15) is 12.8 Å². The van der Waals surface area contributed by atoms with Crippen molar-refractivity contribution in [2.24, 2.45) is 5.92 Å². The molecule has 3 heterocycles. The van der Waals surface area contributed by atoms with Crippen LogP contribution in [0.5, 0.6) is 0 Å². The molecule has 2 saturated heterocycles. The number of carbonyl (C=O) groups is 1. The van der Waals surface area contributed by atoms with Crippen LogP contribution in [-0.4, -0.2) is 79.8 Å². The van der Waals surface area contributed by atoms with Crippen molar-refractivity contribution in [2.75, 3.05) is 55.5 Å². The Hall–Kier alpha value is -2.79. The van der Waals surface area contributed by atoms with Crippen molar-refractivity contribution < 1.29 is 17.6 Å². The van der Waals surface area contributed by atoms with Crippen LogP contribution in [0, 0.1) is 11.7 Å². The second-order valence-corrected chi connectivity index (χ2v) is 9.97. The molecule has 0 unspecified atom stereocenters. The second-order valence-electron chi connectivity index (χ2n) is 8.01. The third kappa shape index (κ3) is 4.68. The van der Waals surface area contributed by atoms with Crippen molar-refractivity contribution in [3.63, 3.8) is 0 Å². The first-order chi connectivity index (χ1) is 15.4. The summed E-state index contributed by atoms with van der Waals surface area (Å²) >= 11 is 0. The monoisotopic (exact) mass is 462 g/mol. The number of hydrogen-bond acceptors (Lipinski definition) is 6. The average Bonchev–Trinajstić information content (AvgIpc) is 2.84. The lowest BCUT2D eigenvalue weighted by molar-refractivity contribution is -0.137. The Labute approximate surface area is 187 Å². The van der Waals surface area contributed by atoms with E-state index in [2.05, 4.69) is 9.97 Å². The first-order valence-electron chi connectivity index (χ1n) is 10.7. The quantitative estimate of drug-likeness (QED) is 0.667. The van der Waals surface area contributed by atoms with Crippen molar-refractivity contribution in [1.29, 1.82) is 0 Å². The van der Waals surface area contributed by atoms with Crippen LogP contribution in [0.25, 0.3) is 0 Å². The van der Waals surface area contributed by atoms with Gasteiger partial charge in [0.05, 0.1) is 11.6 Å². The highest BCUT2D eigenvalue weighted by Gasteiger charge is 2.37. The number of benzene rings is 1. The van der Waals surface area contributed by atoms with E-state index >= 15 is 0 Å². The van der Waals surface area contributed by atoms with E-state index in [1.165, 1.54) is 35.6 Å². The molecule has 2 aliphatic rings. The number of hydrogen-bond donors (Lipinski definition) is 0. The van der Waals surface area contributed by atoms with Gasteiger partial charge < -0.3 is 9.80 Å². The highest BCUT2D eigenvalue weighted by molar-refractivity contribution is 7.90. The first-order valence-corrected chi connectivity index (χ1v) is 12.1. The molecule has 4 rings (SSSR count). The lowest BCUT2D eigenvalue weighted by atomic mass is 9.98. The Kier molecular flexibility index (Phi) is 6.56. The second kappa shape index (κ2) is 9.37. The van der Waals surface area contributed by atoms with Gasteiger partial charge in [0.25, 0.3) is 0 Å². The van der Waals surface area contributed by atoms with Gasteiger partial charge in [0.2, 0.25) is 11.9 Å². The van der Waals surface area contributed by atoms with Gasteiger partial charge in [0.1, 0.15) is 5.82 Å². The van der Waals surface area contributed by atoms with E-state index in [0.717, 1.165) is 4.31 Å². The molecule has 1 atom stereocenters. The van der Waals surface area contributed by atoms with Gasteiger partial charge in [-0.25, -0.2) is 14.4 Å². The smallest absolute Gasteiger partial charge is 0.303 e. The Morgan fingerprint density at radius 1 is 1.06 bits per heavy atom. The predicted octanol–water partition coefficient (Wildman–Crippen LogP) is 1.36. The van der Waals surface area contributed by atoms with Crippen LogP contribution in [0.15, 0.2) is 42.7 Å². The summed E-state index contributed by atoms with van der Waals surface area (Å²) < 4.78 is 42.0. The summed E-state index contributed by atoms with van der Waals surface area (Å²) in [5.74, 6) is -0.164. The van der Waals surface area contributed by atoms with Gasteiger partial charge in [0.15, 0.2) is 0 Å². The van der Waals surface area contributed by atoms with E-state index in [1.54, 1.807) is 18.5 Å². The molecule has 2 aliphatic heterocycles. The van der Waals surface area contributed by atoms with E-state index < -0.39 is 16.0 Å². The molecule has 2 aromatic rings. The fourth-order valence-corrected chi connectivity index (χ4v) is 5.61. The highest BCUT2D eigenvalue weighted by atomic mass is 32.2. The fraction of sp³-hybridized carbons (Fsp3) is 0.476. The first kappa shape index (κ1) is 22.4. The third-order valence-corrected chi connectivity index (χ3v) is 7.91. The summed E-state index contributed by atoms with van der Waals surface area (Å²) in [6, 6.07) is 7.07. The van der Waals surface area contributed by atoms with Crippen LogP contribution < -0.4 is 9.21 Å². The molecule has 1 amide bonds. The van der Waals surface area contributed by atoms with Crippen LogP contribution in [0.3, 0.4) is 0 Å². The van der Waals surface area contributed by atoms with Gasteiger partial charge in [0, 0.05) is 58.7 Å². The lowest BCUT2D eigenvalue weighted by Crippen LogP contribution is -2.54. The minimum Gasteiger partial charge on any atom is -0.339 e. The SMILES string of the molecule is CN(c1ccc(F)cc1)S(=O)(=O)N1CCC[C@H](C(=O)N2CCN(c3ncccn3)CC2)C1. The largest absolute Gasteiger partial charge is 0.339 e. The molecule has 0 radical (unpaired) electrons. The zero-order valence-corrected chi connectivity index (χ0v) is 18.8. The van der Waals surface area contributed by atoms with Gasteiger partial charge in [-0.2, -0.15) is 12.7 Å². The molecule has 1 aromatic heterocycles. The van der Waals surface area contributed by atoms with Gasteiger partial charge in [-0.3, -0.25) is 9.10 Å². The summed E-state index contributed by atoms with van der Waals surface area (Å²) in [6.07, 6.45) is 4.66. The molecular formula is C21H27FN6O3S. The van der Waals surface area contributed by atoms with Crippen molar-refractivity contribution in [3.05, 3.63) is 48.5 Å². The summed E-state index contributed by atoms with van der Waals surface area (Å²) in [7, 11) is -2.38. The van der Waals surface area contributed by atoms with E-state index in [1.807, 2.05) is 9.80 Å². The average molecular weight is 463 g/mol. The minimum atomic E-state index is -3.82. The van der Waals surface area contributed by atoms with E-state index in [4.69, 9.17) is 0 Å². The molecule has 9 nitrogen and oxygen atoms in total. The van der Waals surface area contributed by atoms with Crippen molar-refractivity contribution >= 4 is 27.8 Å². The highest BCUT2D eigenvalue weighted by Crippen LogP contribution is 2.26.